The molecule has 1 N–H and O–H groups in total. The Balaban J connectivity index is 2.05. The molecule has 9 heteroatoms. The molecule has 0 aliphatic rings. The molecule has 2 aromatic rings. The van der Waals surface area contributed by atoms with Crippen molar-refractivity contribution in [2.24, 2.45) is 0 Å². The lowest BCUT2D eigenvalue weighted by Gasteiger charge is -2.03. The summed E-state index contributed by atoms with van der Waals surface area (Å²) in [6.07, 6.45) is -4.57. The zero-order valence-electron chi connectivity index (χ0n) is 10.8. The second-order valence-electron chi connectivity index (χ2n) is 3.99. The summed E-state index contributed by atoms with van der Waals surface area (Å²) in [6, 6.07) is 6.49. The van der Waals surface area contributed by atoms with Crippen molar-refractivity contribution < 1.29 is 22.7 Å². The number of amides is 1. The van der Waals surface area contributed by atoms with Gasteiger partial charge in [-0.25, -0.2) is 0 Å². The second-order valence-corrected chi connectivity index (χ2v) is 4.97. The van der Waals surface area contributed by atoms with E-state index in [1.807, 2.05) is 0 Å². The van der Waals surface area contributed by atoms with Gasteiger partial charge in [0.05, 0.1) is 6.61 Å². The van der Waals surface area contributed by atoms with Gasteiger partial charge in [0, 0.05) is 12.7 Å². The van der Waals surface area contributed by atoms with Crippen LogP contribution in [-0.2, 0) is 17.5 Å². The summed E-state index contributed by atoms with van der Waals surface area (Å²) in [6.45, 7) is 0.410. The Morgan fingerprint density at radius 1 is 1.29 bits per heavy atom. The van der Waals surface area contributed by atoms with Crippen LogP contribution in [0.4, 0.5) is 18.3 Å². The summed E-state index contributed by atoms with van der Waals surface area (Å²) in [4.78, 5) is 11.9. The SMILES string of the molecule is COCc1ccc(C(=O)Nc2nnc(C(F)(F)F)s2)cc1. The Morgan fingerprint density at radius 3 is 2.48 bits per heavy atom. The third kappa shape index (κ3) is 3.99. The van der Waals surface area contributed by atoms with Crippen molar-refractivity contribution in [2.45, 2.75) is 12.8 Å². The summed E-state index contributed by atoms with van der Waals surface area (Å²) in [5, 5.41) is 7.25. The number of ether oxygens (including phenoxy) is 1. The number of methoxy groups -OCH3 is 1. The van der Waals surface area contributed by atoms with E-state index in [2.05, 4.69) is 15.5 Å². The highest BCUT2D eigenvalue weighted by atomic mass is 32.1. The van der Waals surface area contributed by atoms with E-state index in [0.717, 1.165) is 5.56 Å². The first-order chi connectivity index (χ1) is 9.90. The van der Waals surface area contributed by atoms with Gasteiger partial charge in [0.25, 0.3) is 5.91 Å². The van der Waals surface area contributed by atoms with E-state index < -0.39 is 17.1 Å². The normalized spacial score (nSPS) is 11.4. The van der Waals surface area contributed by atoms with E-state index >= 15 is 0 Å². The number of anilines is 1. The number of nitrogens with zero attached hydrogens (tertiary/aromatic N) is 2. The Bertz CT molecular complexity index is 625. The van der Waals surface area contributed by atoms with Gasteiger partial charge < -0.3 is 4.74 Å². The lowest BCUT2D eigenvalue weighted by molar-refractivity contribution is -0.138. The third-order valence-corrected chi connectivity index (χ3v) is 3.30. The molecule has 1 amide bonds. The van der Waals surface area contributed by atoms with Crippen LogP contribution in [0.15, 0.2) is 24.3 Å². The van der Waals surface area contributed by atoms with Gasteiger partial charge in [0.2, 0.25) is 10.1 Å². The predicted octanol–water partition coefficient (Wildman–Crippen LogP) is 2.96. The van der Waals surface area contributed by atoms with Crippen molar-refractivity contribution in [3.63, 3.8) is 0 Å². The van der Waals surface area contributed by atoms with Gasteiger partial charge in [-0.3, -0.25) is 10.1 Å². The van der Waals surface area contributed by atoms with E-state index in [4.69, 9.17) is 4.74 Å². The average molecular weight is 317 g/mol. The number of hydrogen-bond donors (Lipinski definition) is 1. The Kier molecular flexibility index (Phi) is 4.53. The highest BCUT2D eigenvalue weighted by Gasteiger charge is 2.35. The molecule has 0 aliphatic heterocycles. The number of rotatable bonds is 4. The van der Waals surface area contributed by atoms with Crippen LogP contribution in [0.25, 0.3) is 0 Å². The van der Waals surface area contributed by atoms with Gasteiger partial charge in [0.15, 0.2) is 0 Å². The van der Waals surface area contributed by atoms with Gasteiger partial charge in [0.1, 0.15) is 0 Å². The van der Waals surface area contributed by atoms with Gasteiger partial charge in [-0.15, -0.1) is 10.2 Å². The first-order valence-corrected chi connectivity index (χ1v) is 6.51. The molecule has 21 heavy (non-hydrogen) atoms. The van der Waals surface area contributed by atoms with Gasteiger partial charge in [-0.1, -0.05) is 23.5 Å². The second kappa shape index (κ2) is 6.19. The molecule has 0 spiro atoms. The number of nitrogens with one attached hydrogen (secondary N) is 1. The van der Waals surface area contributed by atoms with E-state index in [9.17, 15) is 18.0 Å². The van der Waals surface area contributed by atoms with Gasteiger partial charge in [-0.2, -0.15) is 13.2 Å². The number of alkyl halides is 3. The minimum Gasteiger partial charge on any atom is -0.380 e. The first-order valence-electron chi connectivity index (χ1n) is 5.70. The number of carbonyl (C=O) groups excluding carboxylic acids is 1. The van der Waals surface area contributed by atoms with Gasteiger partial charge in [-0.05, 0) is 17.7 Å². The van der Waals surface area contributed by atoms with Crippen molar-refractivity contribution in [3.05, 3.63) is 40.4 Å². The van der Waals surface area contributed by atoms with Crippen LogP contribution in [0, 0.1) is 0 Å². The summed E-state index contributed by atoms with van der Waals surface area (Å²) in [5.41, 5.74) is 1.18. The molecule has 1 aromatic heterocycles. The molecule has 0 saturated heterocycles. The van der Waals surface area contributed by atoms with Crippen LogP contribution >= 0.6 is 11.3 Å². The monoisotopic (exact) mass is 317 g/mol. The summed E-state index contributed by atoms with van der Waals surface area (Å²) >= 11 is 0.275. The predicted molar refractivity (Wildman–Crippen MR) is 70.0 cm³/mol. The minimum atomic E-state index is -4.57. The molecular formula is C12H10F3N3O2S. The fraction of sp³-hybridized carbons (Fsp3) is 0.250. The molecule has 0 unspecified atom stereocenters. The molecule has 5 nitrogen and oxygen atoms in total. The highest BCUT2D eigenvalue weighted by Crippen LogP contribution is 2.33. The quantitative estimate of drug-likeness (QED) is 0.941. The molecule has 0 bridgehead atoms. The van der Waals surface area contributed by atoms with Crippen LogP contribution in [0.5, 0.6) is 0 Å². The van der Waals surface area contributed by atoms with Crippen LogP contribution in [0.3, 0.4) is 0 Å². The maximum absolute atomic E-state index is 12.4. The van der Waals surface area contributed by atoms with Crippen LogP contribution < -0.4 is 5.32 Å². The van der Waals surface area contributed by atoms with Crippen molar-refractivity contribution in [3.8, 4) is 0 Å². The first kappa shape index (κ1) is 15.4. The van der Waals surface area contributed by atoms with E-state index in [0.29, 0.717) is 12.2 Å². The van der Waals surface area contributed by atoms with Crippen LogP contribution in [0.1, 0.15) is 20.9 Å². The molecule has 0 fully saturated rings. The molecule has 0 aliphatic carbocycles. The largest absolute Gasteiger partial charge is 0.445 e. The molecule has 112 valence electrons. The summed E-state index contributed by atoms with van der Waals surface area (Å²) in [5.74, 6) is -0.552. The summed E-state index contributed by atoms with van der Waals surface area (Å²) in [7, 11) is 1.55. The highest BCUT2D eigenvalue weighted by molar-refractivity contribution is 7.15. The Hall–Kier alpha value is -2.00. The van der Waals surface area contributed by atoms with Crippen molar-refractivity contribution in [1.82, 2.24) is 10.2 Å². The van der Waals surface area contributed by atoms with Crippen LogP contribution in [0.2, 0.25) is 0 Å². The lowest BCUT2D eigenvalue weighted by atomic mass is 10.1. The zero-order valence-corrected chi connectivity index (χ0v) is 11.6. The topological polar surface area (TPSA) is 64.1 Å². The van der Waals surface area contributed by atoms with E-state index in [1.54, 1.807) is 31.4 Å². The molecular weight excluding hydrogens is 307 g/mol. The van der Waals surface area contributed by atoms with E-state index in [1.165, 1.54) is 0 Å². The minimum absolute atomic E-state index is 0.201. The molecule has 0 radical (unpaired) electrons. The number of carbonyl (C=O) groups is 1. The average Bonchev–Trinajstić information content (AvgIpc) is 2.88. The number of benzene rings is 1. The van der Waals surface area contributed by atoms with Crippen molar-refractivity contribution >= 4 is 22.4 Å². The fourth-order valence-electron chi connectivity index (χ4n) is 1.48. The summed E-state index contributed by atoms with van der Waals surface area (Å²) < 4.78 is 42.0. The fourth-order valence-corrected chi connectivity index (χ4v) is 2.08. The number of aromatic nitrogens is 2. The van der Waals surface area contributed by atoms with Crippen LogP contribution in [-0.4, -0.2) is 23.2 Å². The van der Waals surface area contributed by atoms with E-state index in [-0.39, 0.29) is 16.5 Å². The Labute approximate surface area is 121 Å². The maximum Gasteiger partial charge on any atom is 0.445 e. The zero-order chi connectivity index (χ0) is 15.5. The number of hydrogen-bond acceptors (Lipinski definition) is 5. The third-order valence-electron chi connectivity index (χ3n) is 2.42. The molecule has 1 heterocycles. The van der Waals surface area contributed by atoms with Crippen molar-refractivity contribution in [1.29, 1.82) is 0 Å². The molecule has 2 rings (SSSR count). The molecule has 0 saturated carbocycles. The molecule has 1 aromatic carbocycles. The maximum atomic E-state index is 12.4. The number of halogens is 3. The lowest BCUT2D eigenvalue weighted by Crippen LogP contribution is -2.11. The molecule has 0 atom stereocenters. The smallest absolute Gasteiger partial charge is 0.380 e. The van der Waals surface area contributed by atoms with Crippen molar-refractivity contribution in [2.75, 3.05) is 12.4 Å². The van der Waals surface area contributed by atoms with Gasteiger partial charge >= 0.3 is 6.18 Å². The standard InChI is InChI=1S/C12H10F3N3O2S/c1-20-6-7-2-4-8(5-3-7)9(19)16-11-18-17-10(21-11)12(13,14)15/h2-5H,6H2,1H3,(H,16,18,19). The Morgan fingerprint density at radius 2 is 1.95 bits per heavy atom.